The molecule has 0 aliphatic heterocycles. The number of esters is 2. The van der Waals surface area contributed by atoms with E-state index in [0.717, 1.165) is 128 Å². The predicted octanol–water partition coefficient (Wildman–Crippen LogP) is 16.0. The molecule has 101 heavy (non-hydrogen) atoms. The van der Waals surface area contributed by atoms with Gasteiger partial charge in [0, 0.05) is 44.7 Å². The summed E-state index contributed by atoms with van der Waals surface area (Å²) in [7, 11) is -11.4. The van der Waals surface area contributed by atoms with E-state index in [9.17, 15) is 30.0 Å². The van der Waals surface area contributed by atoms with Crippen LogP contribution in [0.4, 0.5) is 0 Å². The highest BCUT2D eigenvalue weighted by Crippen LogP contribution is 2.27. The van der Waals surface area contributed by atoms with Crippen molar-refractivity contribution in [3.05, 3.63) is 24.3 Å². The highest BCUT2D eigenvalue weighted by atomic mass is 28.5. The first-order valence-corrected chi connectivity index (χ1v) is 54.2. The van der Waals surface area contributed by atoms with Crippen molar-refractivity contribution >= 4 is 70.9 Å². The Balaban J connectivity index is -0.000000143. The summed E-state index contributed by atoms with van der Waals surface area (Å²) in [5.41, 5.74) is 0.690. The first-order valence-electron chi connectivity index (χ1n) is 33.6. The smallest absolute Gasteiger partial charge is 0.348 e. The Bertz CT molecular complexity index is 1870. The number of hydrogen-bond acceptors (Lipinski definition) is 22. The van der Waals surface area contributed by atoms with Crippen LogP contribution in [0, 0.1) is 0 Å². The number of ether oxygens (including phenoxy) is 8. The molecule has 0 aromatic carbocycles. The van der Waals surface area contributed by atoms with Crippen LogP contribution in [0.5, 0.6) is 0 Å². The molecule has 0 rings (SSSR count). The zero-order valence-electron chi connectivity index (χ0n) is 60.6. The molecule has 6 N–H and O–H groups in total. The largest absolute Gasteiger partial charge is 0.460 e. The van der Waals surface area contributed by atoms with Gasteiger partial charge in [-0.05, 0) is 169 Å². The Morgan fingerprint density at radius 1 is 0.376 bits per heavy atom. The molecule has 0 aromatic heterocycles. The lowest BCUT2D eigenvalue weighted by Gasteiger charge is -2.38. The summed E-state index contributed by atoms with van der Waals surface area (Å²) < 4.78 is 81.2. The minimum atomic E-state index is -2.36. The van der Waals surface area contributed by atoms with Crippen molar-refractivity contribution in [1.82, 2.24) is 10.6 Å². The first-order chi connectivity index (χ1) is 42.4. The van der Waals surface area contributed by atoms with Gasteiger partial charge in [0.15, 0.2) is 16.6 Å². The fourth-order valence-corrected chi connectivity index (χ4v) is 37.9. The molecule has 0 amide bonds. The van der Waals surface area contributed by atoms with E-state index in [0.29, 0.717) is 50.0 Å². The maximum Gasteiger partial charge on any atom is 0.348 e. The minimum absolute atomic E-state index is 0. The highest BCUT2D eigenvalue weighted by Gasteiger charge is 2.41. The van der Waals surface area contributed by atoms with Crippen LogP contribution in [0.1, 0.15) is 185 Å². The summed E-state index contributed by atoms with van der Waals surface area (Å²) in [6, 6.07) is 2.10. The normalized spacial score (nSPS) is 12.8. The molecule has 0 saturated heterocycles. The van der Waals surface area contributed by atoms with Gasteiger partial charge >= 0.3 is 37.6 Å². The molecule has 0 aliphatic rings. The van der Waals surface area contributed by atoms with Crippen LogP contribution in [-0.4, -0.2) is 247 Å². The van der Waals surface area contributed by atoms with Crippen LogP contribution in [0.2, 0.25) is 97.2 Å². The maximum atomic E-state index is 11.3. The summed E-state index contributed by atoms with van der Waals surface area (Å²) in [5.74, 6) is -0.891. The van der Waals surface area contributed by atoms with Crippen LogP contribution in [0.3, 0.4) is 0 Å². The van der Waals surface area contributed by atoms with Gasteiger partial charge in [0.1, 0.15) is 25.4 Å². The standard InChI is InChI=1S/C32H71NO11Si4.C30H65NO9Si3.10CH4/c1-29(2)32(36)42-22-21-40-26-31(35)25-39-20-16-13-17-23-45(5,6)43-47(9,10)44-46(7,8)28-41-24-30(34)18-14-12-15-19-33-27-48(11,37-3)38-4;1-10-31-18-14-11-13-17-28(32)23-37-26-42(6,7)40-43(8,9)39-41(4,5)22-16-12-15-19-35-24-29(33)25-36-20-21-38-30(34)27(2)3;;;;;;;;;;/h30-31,33-35H,1,12-28H2,2-11H3;28-29,31-33H,2,10-26H2,1,3-9H3;10*1H4. The van der Waals surface area contributed by atoms with Crippen LogP contribution >= 0.6 is 0 Å². The Hall–Kier alpha value is -0.782. The third-order valence-corrected chi connectivity index (χ3v) is 38.2. The summed E-state index contributed by atoms with van der Waals surface area (Å²) in [6.45, 7) is 46.8. The quantitative estimate of drug-likeness (QED) is 0.0143. The summed E-state index contributed by atoms with van der Waals surface area (Å²) >= 11 is 0. The third kappa shape index (κ3) is 80.1. The van der Waals surface area contributed by atoms with Gasteiger partial charge in [-0.1, -0.05) is 146 Å². The Kier molecular flexibility index (Phi) is 90.5. The summed E-state index contributed by atoms with van der Waals surface area (Å²) in [6.07, 6.45) is 13.4. The molecule has 0 aliphatic carbocycles. The van der Waals surface area contributed by atoms with E-state index in [4.69, 9.17) is 63.2 Å². The molecule has 0 bridgehead atoms. The zero-order valence-corrected chi connectivity index (χ0v) is 67.6. The Labute approximate surface area is 633 Å². The van der Waals surface area contributed by atoms with Gasteiger partial charge in [0.05, 0.1) is 77.5 Å². The van der Waals surface area contributed by atoms with Crippen LogP contribution in [0.15, 0.2) is 24.3 Å². The number of hydrogen-bond donors (Lipinski definition) is 6. The highest BCUT2D eigenvalue weighted by molar-refractivity contribution is 6.88. The number of rotatable bonds is 61. The minimum Gasteiger partial charge on any atom is -0.460 e. The fraction of sp³-hybridized carbons (Fsp3) is 0.917. The van der Waals surface area contributed by atoms with Gasteiger partial charge in [0.25, 0.3) is 0 Å². The van der Waals surface area contributed by atoms with Gasteiger partial charge in [0.2, 0.25) is 16.6 Å². The second-order valence-corrected chi connectivity index (χ2v) is 55.4. The molecule has 4 unspecified atom stereocenters. The second-order valence-electron chi connectivity index (χ2n) is 27.4. The van der Waals surface area contributed by atoms with E-state index >= 15 is 0 Å². The van der Waals surface area contributed by atoms with E-state index in [1.807, 2.05) is 6.55 Å². The van der Waals surface area contributed by atoms with E-state index in [-0.39, 0.29) is 127 Å². The van der Waals surface area contributed by atoms with Crippen molar-refractivity contribution in [2.24, 2.45) is 0 Å². The van der Waals surface area contributed by atoms with E-state index in [1.165, 1.54) is 0 Å². The van der Waals surface area contributed by atoms with Crippen molar-refractivity contribution in [2.45, 2.75) is 307 Å². The molecule has 0 spiro atoms. The number of carbonyl (C=O) groups is 2. The van der Waals surface area contributed by atoms with E-state index in [2.05, 4.69) is 109 Å². The molecular weight excluding hydrogens is 1410 g/mol. The molecule has 4 atom stereocenters. The van der Waals surface area contributed by atoms with Gasteiger partial charge in [-0.3, -0.25) is 0 Å². The van der Waals surface area contributed by atoms with Gasteiger partial charge in [-0.15, -0.1) is 0 Å². The molecule has 0 fully saturated rings. The lowest BCUT2D eigenvalue weighted by atomic mass is 10.1. The number of aliphatic hydroxyl groups excluding tert-OH is 4. The molecule has 0 saturated carbocycles. The lowest BCUT2D eigenvalue weighted by Crippen LogP contribution is -2.54. The average Bonchev–Trinajstić information content (AvgIpc) is 0.848. The molecule has 622 valence electrons. The monoisotopic (exact) mass is 1590 g/mol. The predicted molar refractivity (Wildman–Crippen MR) is 448 cm³/mol. The van der Waals surface area contributed by atoms with Crippen molar-refractivity contribution < 1.29 is 93.2 Å². The van der Waals surface area contributed by atoms with E-state index < -0.39 is 95.3 Å². The molecular formula is C72H176N2O20Si7. The van der Waals surface area contributed by atoms with Crippen molar-refractivity contribution in [1.29, 1.82) is 0 Å². The first kappa shape index (κ1) is 127. The number of nitrogens with one attached hydrogen (secondary N) is 2. The van der Waals surface area contributed by atoms with Crippen LogP contribution in [0.25, 0.3) is 0 Å². The molecule has 0 heterocycles. The average molecular weight is 1590 g/mol. The lowest BCUT2D eigenvalue weighted by molar-refractivity contribution is -0.141. The SMILES string of the molecule is C.C.C.C.C.C.C.C.C.C.C=C(C)C(=O)OCCOCC(O)COCCCCC[Si](C)(C)O[Si](C)(C)O[Si](C)(C)COCC(O)CCCCCNCC.C=C(C)C(=O)OCCOCC(O)COCCCCC[Si](C)(C)O[Si](C)(C)O[Si](C)(C)COCC(O)CCCCCNC[Si](C)(OC)OC. The zero-order chi connectivity index (χ0) is 69.5. The molecule has 22 nitrogen and oxygen atoms in total. The van der Waals surface area contributed by atoms with Crippen LogP contribution < -0.4 is 10.6 Å². The van der Waals surface area contributed by atoms with E-state index in [1.54, 1.807) is 28.1 Å². The maximum absolute atomic E-state index is 11.3. The van der Waals surface area contributed by atoms with Crippen molar-refractivity contribution in [2.75, 3.05) is 132 Å². The summed E-state index contributed by atoms with van der Waals surface area (Å²) in [5, 5.41) is 47.4. The molecule has 0 aromatic rings. The molecule has 0 radical (unpaired) electrons. The van der Waals surface area contributed by atoms with Crippen molar-refractivity contribution in [3.63, 3.8) is 0 Å². The number of aliphatic hydroxyl groups is 4. The number of carbonyl (C=O) groups excluding carboxylic acids is 2. The molecule has 29 heteroatoms. The van der Waals surface area contributed by atoms with Gasteiger partial charge in [-0.25, -0.2) is 9.59 Å². The Morgan fingerprint density at radius 2 is 0.673 bits per heavy atom. The topological polar surface area (TPSA) is 268 Å². The second kappa shape index (κ2) is 72.1. The summed E-state index contributed by atoms with van der Waals surface area (Å²) in [4.78, 5) is 22.6. The third-order valence-electron chi connectivity index (χ3n) is 13.9. The van der Waals surface area contributed by atoms with Gasteiger partial charge in [-0.2, -0.15) is 0 Å². The fourth-order valence-electron chi connectivity index (χ4n) is 9.72. The van der Waals surface area contributed by atoms with Crippen molar-refractivity contribution in [3.8, 4) is 0 Å². The number of unbranched alkanes of at least 4 members (excludes halogenated alkanes) is 8. The van der Waals surface area contributed by atoms with Gasteiger partial charge < -0.3 is 94.3 Å². The van der Waals surface area contributed by atoms with Crippen LogP contribution in [-0.2, 0) is 72.8 Å². The Morgan fingerprint density at radius 3 is 0.990 bits per heavy atom.